The van der Waals surface area contributed by atoms with Crippen LogP contribution in [-0.2, 0) is 9.53 Å². The third-order valence-electron chi connectivity index (χ3n) is 5.37. The lowest BCUT2D eigenvalue weighted by Gasteiger charge is -2.35. The van der Waals surface area contributed by atoms with Crippen LogP contribution in [-0.4, -0.2) is 67.7 Å². The Balaban J connectivity index is 1.38. The maximum atomic E-state index is 12.5. The van der Waals surface area contributed by atoms with Gasteiger partial charge in [0.1, 0.15) is 0 Å². The molecule has 134 valence electrons. The summed E-state index contributed by atoms with van der Waals surface area (Å²) < 4.78 is 5.30. The van der Waals surface area contributed by atoms with E-state index in [0.717, 1.165) is 38.6 Å². The number of ether oxygens (including phenoxy) is 1. The second kappa shape index (κ2) is 8.51. The van der Waals surface area contributed by atoms with Gasteiger partial charge in [-0.3, -0.25) is 4.79 Å². The van der Waals surface area contributed by atoms with Crippen LogP contribution in [0.5, 0.6) is 0 Å². The number of likely N-dealkylation sites (tertiary alicyclic amines) is 1. The summed E-state index contributed by atoms with van der Waals surface area (Å²) >= 11 is 0. The van der Waals surface area contributed by atoms with E-state index in [1.54, 1.807) is 0 Å². The Labute approximate surface area is 144 Å². The van der Waals surface area contributed by atoms with Gasteiger partial charge in [-0.2, -0.15) is 0 Å². The van der Waals surface area contributed by atoms with Crippen molar-refractivity contribution in [1.29, 1.82) is 0 Å². The number of hydrogen-bond acceptors (Lipinski definition) is 3. The Kier molecular flexibility index (Phi) is 6.12. The van der Waals surface area contributed by atoms with E-state index in [0.29, 0.717) is 45.3 Å². The molecular formula is C18H29N3O3. The van der Waals surface area contributed by atoms with Crippen molar-refractivity contribution in [3.63, 3.8) is 0 Å². The minimum absolute atomic E-state index is 0.0295. The number of carbonyl (C=O) groups excluding carboxylic acids is 2. The lowest BCUT2D eigenvalue weighted by molar-refractivity contribution is -0.141. The number of nitrogens with one attached hydrogen (secondary N) is 1. The summed E-state index contributed by atoms with van der Waals surface area (Å²) in [5, 5.41) is 3.07. The summed E-state index contributed by atoms with van der Waals surface area (Å²) in [5.41, 5.74) is 0. The fraction of sp³-hybridized carbons (Fsp3) is 0.778. The van der Waals surface area contributed by atoms with Crippen LogP contribution in [0.15, 0.2) is 12.2 Å². The standard InChI is InChI=1S/C18H29N3O3/c22-17(20-10-12-24-13-11-20)16-6-8-21(9-7-16)18(23)19-14-15-4-2-1-3-5-15/h1-2,15-16H,3-14H2,(H,19,23). The van der Waals surface area contributed by atoms with Crippen molar-refractivity contribution < 1.29 is 14.3 Å². The number of carbonyl (C=O) groups is 2. The SMILES string of the molecule is O=C(NCC1CC=CCC1)N1CCC(C(=O)N2CCOCC2)CC1. The Morgan fingerprint density at radius 2 is 1.75 bits per heavy atom. The first kappa shape index (κ1) is 17.3. The first-order valence-electron chi connectivity index (χ1n) is 9.28. The molecule has 0 spiro atoms. The van der Waals surface area contributed by atoms with E-state index in [1.807, 2.05) is 9.80 Å². The molecule has 1 aliphatic carbocycles. The number of morpholine rings is 1. The van der Waals surface area contributed by atoms with Gasteiger partial charge >= 0.3 is 6.03 Å². The van der Waals surface area contributed by atoms with Crippen molar-refractivity contribution >= 4 is 11.9 Å². The van der Waals surface area contributed by atoms with Crippen molar-refractivity contribution in [3.8, 4) is 0 Å². The fourth-order valence-corrected chi connectivity index (χ4v) is 3.76. The molecule has 0 aromatic heterocycles. The second-order valence-corrected chi connectivity index (χ2v) is 7.04. The zero-order chi connectivity index (χ0) is 16.8. The number of rotatable bonds is 3. The fourth-order valence-electron chi connectivity index (χ4n) is 3.76. The van der Waals surface area contributed by atoms with E-state index in [2.05, 4.69) is 17.5 Å². The van der Waals surface area contributed by atoms with Gasteiger partial charge in [-0.25, -0.2) is 4.79 Å². The van der Waals surface area contributed by atoms with Gasteiger partial charge in [0, 0.05) is 38.6 Å². The summed E-state index contributed by atoms with van der Waals surface area (Å²) in [6, 6.07) is 0.0295. The molecule has 0 saturated carbocycles. The van der Waals surface area contributed by atoms with E-state index in [9.17, 15) is 9.59 Å². The highest BCUT2D eigenvalue weighted by molar-refractivity contribution is 5.80. The van der Waals surface area contributed by atoms with Crippen LogP contribution in [0, 0.1) is 11.8 Å². The second-order valence-electron chi connectivity index (χ2n) is 7.04. The predicted molar refractivity (Wildman–Crippen MR) is 91.6 cm³/mol. The first-order chi connectivity index (χ1) is 11.7. The Morgan fingerprint density at radius 3 is 2.42 bits per heavy atom. The molecule has 24 heavy (non-hydrogen) atoms. The van der Waals surface area contributed by atoms with E-state index < -0.39 is 0 Å². The van der Waals surface area contributed by atoms with Gasteiger partial charge in [-0.15, -0.1) is 0 Å². The molecule has 6 nitrogen and oxygen atoms in total. The average Bonchev–Trinajstić information content (AvgIpc) is 2.67. The molecule has 3 amide bonds. The molecule has 3 rings (SSSR count). The molecule has 2 aliphatic heterocycles. The third-order valence-corrected chi connectivity index (χ3v) is 5.37. The Bertz CT molecular complexity index is 466. The number of urea groups is 1. The van der Waals surface area contributed by atoms with Crippen LogP contribution < -0.4 is 5.32 Å². The topological polar surface area (TPSA) is 61.9 Å². The van der Waals surface area contributed by atoms with Crippen molar-refractivity contribution in [2.75, 3.05) is 45.9 Å². The van der Waals surface area contributed by atoms with Gasteiger partial charge in [0.05, 0.1) is 13.2 Å². The lowest BCUT2D eigenvalue weighted by atomic mass is 9.94. The number of piperidine rings is 1. The maximum absolute atomic E-state index is 12.5. The number of amides is 3. The summed E-state index contributed by atoms with van der Waals surface area (Å²) in [7, 11) is 0. The number of hydrogen-bond donors (Lipinski definition) is 1. The zero-order valence-corrected chi connectivity index (χ0v) is 14.4. The van der Waals surface area contributed by atoms with Gasteiger partial charge < -0.3 is 19.9 Å². The van der Waals surface area contributed by atoms with Crippen LogP contribution in [0.4, 0.5) is 4.79 Å². The van der Waals surface area contributed by atoms with Crippen LogP contribution in [0.2, 0.25) is 0 Å². The third kappa shape index (κ3) is 4.50. The molecule has 0 aromatic rings. The maximum Gasteiger partial charge on any atom is 0.317 e. The molecule has 0 bridgehead atoms. The first-order valence-corrected chi connectivity index (χ1v) is 9.28. The molecule has 1 N–H and O–H groups in total. The minimum Gasteiger partial charge on any atom is -0.378 e. The van der Waals surface area contributed by atoms with Gasteiger partial charge in [0.15, 0.2) is 0 Å². The Hall–Kier alpha value is -1.56. The van der Waals surface area contributed by atoms with Crippen molar-refractivity contribution in [3.05, 3.63) is 12.2 Å². The van der Waals surface area contributed by atoms with Crippen LogP contribution in [0.3, 0.4) is 0 Å². The van der Waals surface area contributed by atoms with Gasteiger partial charge in [0.25, 0.3) is 0 Å². The molecule has 1 atom stereocenters. The minimum atomic E-state index is 0.0295. The molecule has 6 heteroatoms. The van der Waals surface area contributed by atoms with Gasteiger partial charge in [0.2, 0.25) is 5.91 Å². The van der Waals surface area contributed by atoms with E-state index >= 15 is 0 Å². The monoisotopic (exact) mass is 335 g/mol. The number of allylic oxidation sites excluding steroid dienone is 2. The normalized spacial score (nSPS) is 25.6. The van der Waals surface area contributed by atoms with Crippen LogP contribution in [0.1, 0.15) is 32.1 Å². The van der Waals surface area contributed by atoms with Crippen molar-refractivity contribution in [2.24, 2.45) is 11.8 Å². The highest BCUT2D eigenvalue weighted by atomic mass is 16.5. The van der Waals surface area contributed by atoms with E-state index in [4.69, 9.17) is 4.74 Å². The average molecular weight is 335 g/mol. The number of nitrogens with zero attached hydrogens (tertiary/aromatic N) is 2. The van der Waals surface area contributed by atoms with Crippen LogP contribution in [0.25, 0.3) is 0 Å². The Morgan fingerprint density at radius 1 is 1.00 bits per heavy atom. The van der Waals surface area contributed by atoms with E-state index in [-0.39, 0.29) is 17.9 Å². The predicted octanol–water partition coefficient (Wildman–Crippen LogP) is 1.62. The smallest absolute Gasteiger partial charge is 0.317 e. The molecule has 2 heterocycles. The lowest BCUT2D eigenvalue weighted by Crippen LogP contribution is -2.49. The summed E-state index contributed by atoms with van der Waals surface area (Å²) in [4.78, 5) is 28.6. The molecule has 2 saturated heterocycles. The molecule has 1 unspecified atom stereocenters. The molecular weight excluding hydrogens is 306 g/mol. The van der Waals surface area contributed by atoms with Gasteiger partial charge in [-0.05, 0) is 38.0 Å². The quantitative estimate of drug-likeness (QED) is 0.797. The van der Waals surface area contributed by atoms with E-state index in [1.165, 1.54) is 0 Å². The zero-order valence-electron chi connectivity index (χ0n) is 14.4. The van der Waals surface area contributed by atoms with Gasteiger partial charge in [-0.1, -0.05) is 12.2 Å². The van der Waals surface area contributed by atoms with Crippen molar-refractivity contribution in [2.45, 2.75) is 32.1 Å². The van der Waals surface area contributed by atoms with Crippen molar-refractivity contribution in [1.82, 2.24) is 15.1 Å². The highest BCUT2D eigenvalue weighted by Gasteiger charge is 2.30. The summed E-state index contributed by atoms with van der Waals surface area (Å²) in [6.07, 6.45) is 9.32. The highest BCUT2D eigenvalue weighted by Crippen LogP contribution is 2.21. The van der Waals surface area contributed by atoms with Crippen LogP contribution >= 0.6 is 0 Å². The molecule has 0 aromatic carbocycles. The summed E-state index contributed by atoms with van der Waals surface area (Å²) in [5.74, 6) is 0.877. The largest absolute Gasteiger partial charge is 0.378 e. The molecule has 0 radical (unpaired) electrons. The molecule has 2 fully saturated rings. The molecule has 3 aliphatic rings. The summed E-state index contributed by atoms with van der Waals surface area (Å²) in [6.45, 7) is 4.81.